The van der Waals surface area contributed by atoms with Crippen molar-refractivity contribution in [3.63, 3.8) is 0 Å². The highest BCUT2D eigenvalue weighted by Gasteiger charge is 2.08. The second kappa shape index (κ2) is 11.9. The van der Waals surface area contributed by atoms with Crippen molar-refractivity contribution < 1.29 is 19.4 Å². The first-order valence-electron chi connectivity index (χ1n) is 10.4. The second-order valence-electron chi connectivity index (χ2n) is 7.31. The summed E-state index contributed by atoms with van der Waals surface area (Å²) in [7, 11) is 0. The molecule has 4 heteroatoms. The van der Waals surface area contributed by atoms with Crippen molar-refractivity contribution in [1.82, 2.24) is 0 Å². The molecule has 30 heavy (non-hydrogen) atoms. The first kappa shape index (κ1) is 23.3. The number of benzene rings is 2. The molecule has 0 bridgehead atoms. The zero-order valence-corrected chi connectivity index (χ0v) is 18.1. The molecule has 0 heterocycles. The summed E-state index contributed by atoms with van der Waals surface area (Å²) in [5, 5.41) is 8.82. The smallest absolute Gasteiger partial charge is 0.303 e. The first-order chi connectivity index (χ1) is 14.4. The van der Waals surface area contributed by atoms with Crippen molar-refractivity contribution in [2.24, 2.45) is 0 Å². The number of carboxylic acids is 1. The van der Waals surface area contributed by atoms with Crippen LogP contribution in [0.2, 0.25) is 0 Å². The van der Waals surface area contributed by atoms with Crippen LogP contribution >= 0.6 is 0 Å². The molecule has 2 aromatic rings. The molecular weight excluding hydrogens is 376 g/mol. The third kappa shape index (κ3) is 7.11. The van der Waals surface area contributed by atoms with E-state index in [9.17, 15) is 4.79 Å². The molecule has 0 fully saturated rings. The molecule has 2 rings (SSSR count). The predicted octanol–water partition coefficient (Wildman–Crippen LogP) is 6.01. The molecule has 0 aromatic heterocycles. The fourth-order valence-electron chi connectivity index (χ4n) is 3.19. The van der Waals surface area contributed by atoms with E-state index in [0.717, 1.165) is 53.0 Å². The Balaban J connectivity index is 1.85. The Morgan fingerprint density at radius 2 is 1.90 bits per heavy atom. The van der Waals surface area contributed by atoms with E-state index in [0.29, 0.717) is 19.6 Å². The molecule has 0 aliphatic carbocycles. The van der Waals surface area contributed by atoms with E-state index in [1.54, 1.807) is 0 Å². The number of carbonyl (C=O) groups is 1. The quantitative estimate of drug-likeness (QED) is 0.326. The Bertz CT molecular complexity index is 883. The lowest BCUT2D eigenvalue weighted by Gasteiger charge is -2.15. The van der Waals surface area contributed by atoms with Gasteiger partial charge in [0.1, 0.15) is 11.5 Å². The molecule has 0 unspecified atom stereocenters. The molecule has 0 atom stereocenters. The number of ether oxygens (including phenoxy) is 2. The van der Waals surface area contributed by atoms with E-state index in [1.165, 1.54) is 5.56 Å². The van der Waals surface area contributed by atoms with E-state index in [-0.39, 0.29) is 6.42 Å². The number of rotatable bonds is 13. The lowest BCUT2D eigenvalue weighted by Crippen LogP contribution is -2.06. The standard InChI is InChI=1S/C26H32O4/c1-5-8-19(3)24-18-21(6-2)9-13-25(24)30-16-7-15-29-23-12-10-22(20(4)17-23)11-14-26(27)28/h5,9-10,12-13,17-18H,1,3,6-8,11,14-16H2,2,4H3,(H,27,28). The van der Waals surface area contributed by atoms with E-state index >= 15 is 0 Å². The number of hydrogen-bond donors (Lipinski definition) is 1. The average Bonchev–Trinajstić information content (AvgIpc) is 2.73. The van der Waals surface area contributed by atoms with Gasteiger partial charge in [0.15, 0.2) is 0 Å². The van der Waals surface area contributed by atoms with Crippen LogP contribution in [0.15, 0.2) is 55.6 Å². The number of aliphatic carboxylic acids is 1. The summed E-state index contributed by atoms with van der Waals surface area (Å²) < 4.78 is 11.8. The molecule has 2 aromatic carbocycles. The molecule has 0 spiro atoms. The van der Waals surface area contributed by atoms with Gasteiger partial charge in [-0.1, -0.05) is 31.7 Å². The van der Waals surface area contributed by atoms with Crippen LogP contribution in [0.3, 0.4) is 0 Å². The van der Waals surface area contributed by atoms with Crippen molar-refractivity contribution in [3.8, 4) is 11.5 Å². The minimum Gasteiger partial charge on any atom is -0.493 e. The van der Waals surface area contributed by atoms with E-state index in [1.807, 2.05) is 37.3 Å². The largest absolute Gasteiger partial charge is 0.493 e. The lowest BCUT2D eigenvalue weighted by molar-refractivity contribution is -0.136. The van der Waals surface area contributed by atoms with Crippen molar-refractivity contribution in [1.29, 1.82) is 0 Å². The van der Waals surface area contributed by atoms with Gasteiger partial charge in [0, 0.05) is 18.4 Å². The van der Waals surface area contributed by atoms with Crippen molar-refractivity contribution in [3.05, 3.63) is 77.9 Å². The van der Waals surface area contributed by atoms with Crippen LogP contribution in [-0.2, 0) is 17.6 Å². The van der Waals surface area contributed by atoms with Gasteiger partial charge in [-0.2, -0.15) is 0 Å². The highest BCUT2D eigenvalue weighted by atomic mass is 16.5. The van der Waals surface area contributed by atoms with Crippen molar-refractivity contribution >= 4 is 11.5 Å². The van der Waals surface area contributed by atoms with Crippen LogP contribution in [0, 0.1) is 6.92 Å². The summed E-state index contributed by atoms with van der Waals surface area (Å²) in [6.45, 7) is 13.2. The summed E-state index contributed by atoms with van der Waals surface area (Å²) in [6, 6.07) is 12.0. The minimum atomic E-state index is -0.782. The van der Waals surface area contributed by atoms with Gasteiger partial charge in [0.2, 0.25) is 0 Å². The SMILES string of the molecule is C=CCC(=C)c1cc(CC)ccc1OCCCOc1ccc(CCC(=O)O)c(C)c1. The molecule has 0 amide bonds. The summed E-state index contributed by atoms with van der Waals surface area (Å²) in [5.41, 5.74) is 5.39. The minimum absolute atomic E-state index is 0.138. The van der Waals surface area contributed by atoms with Crippen LogP contribution in [0.1, 0.15) is 48.4 Å². The molecule has 0 aliphatic rings. The summed E-state index contributed by atoms with van der Waals surface area (Å²) >= 11 is 0. The van der Waals surface area contributed by atoms with Crippen LogP contribution in [-0.4, -0.2) is 24.3 Å². The van der Waals surface area contributed by atoms with Gasteiger partial charge >= 0.3 is 5.97 Å². The highest BCUT2D eigenvalue weighted by molar-refractivity contribution is 5.70. The maximum absolute atomic E-state index is 10.7. The van der Waals surface area contributed by atoms with Gasteiger partial charge < -0.3 is 14.6 Å². The summed E-state index contributed by atoms with van der Waals surface area (Å²) in [5.74, 6) is 0.854. The van der Waals surface area contributed by atoms with Gasteiger partial charge in [-0.25, -0.2) is 0 Å². The molecule has 0 saturated carbocycles. The van der Waals surface area contributed by atoms with Gasteiger partial charge in [0.05, 0.1) is 13.2 Å². The Hall–Kier alpha value is -3.01. The number of carboxylic acid groups (broad SMARTS) is 1. The zero-order chi connectivity index (χ0) is 21.9. The molecule has 0 aliphatic heterocycles. The molecule has 0 saturated heterocycles. The molecule has 160 valence electrons. The maximum Gasteiger partial charge on any atom is 0.303 e. The van der Waals surface area contributed by atoms with Gasteiger partial charge in [-0.3, -0.25) is 4.79 Å². The van der Waals surface area contributed by atoms with Gasteiger partial charge in [-0.05, 0) is 72.7 Å². The molecule has 0 radical (unpaired) electrons. The van der Waals surface area contributed by atoms with E-state index in [2.05, 4.69) is 32.2 Å². The van der Waals surface area contributed by atoms with Crippen molar-refractivity contribution in [2.75, 3.05) is 13.2 Å². The Kier molecular flexibility index (Phi) is 9.20. The van der Waals surface area contributed by atoms with Gasteiger partial charge in [-0.15, -0.1) is 6.58 Å². The van der Waals surface area contributed by atoms with Crippen LogP contribution in [0.25, 0.3) is 5.57 Å². The maximum atomic E-state index is 10.7. The monoisotopic (exact) mass is 408 g/mol. The molecule has 1 N–H and O–H groups in total. The summed E-state index contributed by atoms with van der Waals surface area (Å²) in [6.07, 6.45) is 4.98. The number of aryl methyl sites for hydroxylation is 3. The predicted molar refractivity (Wildman–Crippen MR) is 122 cm³/mol. The summed E-state index contributed by atoms with van der Waals surface area (Å²) in [4.78, 5) is 10.7. The topological polar surface area (TPSA) is 55.8 Å². The third-order valence-corrected chi connectivity index (χ3v) is 4.96. The normalized spacial score (nSPS) is 10.5. The number of hydrogen-bond acceptors (Lipinski definition) is 3. The number of allylic oxidation sites excluding steroid dienone is 2. The Morgan fingerprint density at radius 1 is 1.13 bits per heavy atom. The molecule has 4 nitrogen and oxygen atoms in total. The molecular formula is C26H32O4. The second-order valence-corrected chi connectivity index (χ2v) is 7.31. The van der Waals surface area contributed by atoms with E-state index in [4.69, 9.17) is 14.6 Å². The van der Waals surface area contributed by atoms with Crippen LogP contribution < -0.4 is 9.47 Å². The Morgan fingerprint density at radius 3 is 2.57 bits per heavy atom. The average molecular weight is 409 g/mol. The fraction of sp³-hybridized carbons (Fsp3) is 0.346. The van der Waals surface area contributed by atoms with E-state index < -0.39 is 5.97 Å². The Labute approximate surface area is 179 Å². The van der Waals surface area contributed by atoms with Crippen LogP contribution in [0.4, 0.5) is 0 Å². The first-order valence-corrected chi connectivity index (χ1v) is 10.4. The highest BCUT2D eigenvalue weighted by Crippen LogP contribution is 2.29. The lowest BCUT2D eigenvalue weighted by atomic mass is 10.00. The van der Waals surface area contributed by atoms with Gasteiger partial charge in [0.25, 0.3) is 0 Å². The zero-order valence-electron chi connectivity index (χ0n) is 18.1. The van der Waals surface area contributed by atoms with Crippen LogP contribution in [0.5, 0.6) is 11.5 Å². The third-order valence-electron chi connectivity index (χ3n) is 4.96. The fourth-order valence-corrected chi connectivity index (χ4v) is 3.19. The van der Waals surface area contributed by atoms with Crippen molar-refractivity contribution in [2.45, 2.75) is 46.0 Å².